The highest BCUT2D eigenvalue weighted by molar-refractivity contribution is 5.98. The van der Waals surface area contributed by atoms with Crippen LogP contribution in [0.15, 0.2) is 40.5 Å². The van der Waals surface area contributed by atoms with Crippen molar-refractivity contribution in [2.24, 2.45) is 10.7 Å². The fraction of sp³-hybridized carbons (Fsp3) is 0.286. The van der Waals surface area contributed by atoms with Gasteiger partial charge in [0.2, 0.25) is 0 Å². The van der Waals surface area contributed by atoms with E-state index >= 15 is 0 Å². The molecular formula is C14H17N3O2. The summed E-state index contributed by atoms with van der Waals surface area (Å²) in [4.78, 5) is 16.1. The Balaban J connectivity index is 2.44. The average Bonchev–Trinajstić information content (AvgIpc) is 2.37. The molecule has 0 saturated carbocycles. The summed E-state index contributed by atoms with van der Waals surface area (Å²) in [5.41, 5.74) is 8.04. The molecule has 0 spiro atoms. The Labute approximate surface area is 112 Å². The van der Waals surface area contributed by atoms with Crippen LogP contribution in [0.4, 0.5) is 0 Å². The number of ketones is 1. The Morgan fingerprint density at radius 2 is 2.00 bits per heavy atom. The number of carbonyl (C=O) groups excluding carboxylic acids is 1. The molecule has 1 aromatic carbocycles. The van der Waals surface area contributed by atoms with E-state index in [-0.39, 0.29) is 11.8 Å². The second-order valence-electron chi connectivity index (χ2n) is 4.41. The van der Waals surface area contributed by atoms with Crippen molar-refractivity contribution in [3.63, 3.8) is 0 Å². The Bertz CT molecular complexity index is 559. The third kappa shape index (κ3) is 2.59. The number of ether oxygens (including phenoxy) is 1. The maximum atomic E-state index is 11.8. The van der Waals surface area contributed by atoms with Crippen LogP contribution in [0.3, 0.4) is 0 Å². The number of Topliss-reactive ketones (excluding diaryl/α,β-unsaturated/α-hetero) is 1. The average molecular weight is 259 g/mol. The van der Waals surface area contributed by atoms with Crippen LogP contribution in [0.1, 0.15) is 25.5 Å². The van der Waals surface area contributed by atoms with E-state index < -0.39 is 0 Å². The maximum absolute atomic E-state index is 11.8. The van der Waals surface area contributed by atoms with Crippen LogP contribution in [0.5, 0.6) is 5.75 Å². The number of aliphatic imine (C=N–C) groups is 1. The molecule has 100 valence electrons. The summed E-state index contributed by atoms with van der Waals surface area (Å²) in [5.74, 6) is 1.07. The molecule has 1 aromatic rings. The smallest absolute Gasteiger partial charge is 0.193 e. The molecule has 5 nitrogen and oxygen atoms in total. The monoisotopic (exact) mass is 259 g/mol. The predicted molar refractivity (Wildman–Crippen MR) is 73.9 cm³/mol. The number of guanidine groups is 1. The number of nitrogens with one attached hydrogen (secondary N) is 1. The quantitative estimate of drug-likeness (QED) is 0.862. The van der Waals surface area contributed by atoms with Crippen LogP contribution >= 0.6 is 0 Å². The van der Waals surface area contributed by atoms with Crippen LogP contribution in [-0.2, 0) is 4.79 Å². The van der Waals surface area contributed by atoms with Gasteiger partial charge in [-0.1, -0.05) is 12.1 Å². The highest BCUT2D eigenvalue weighted by Crippen LogP contribution is 2.31. The Morgan fingerprint density at radius 3 is 2.53 bits per heavy atom. The lowest BCUT2D eigenvalue weighted by Gasteiger charge is -2.24. The standard InChI is InChI=1S/C14H17N3O2/c1-8-12(9(2)18)13(17-14(15)16-8)10-4-6-11(19-3)7-5-10/h4-7,13H,1-3H3,(H3,15,16,17)/t13-/m1/s1. The molecule has 19 heavy (non-hydrogen) atoms. The predicted octanol–water partition coefficient (Wildman–Crippen LogP) is 1.52. The summed E-state index contributed by atoms with van der Waals surface area (Å²) in [6.45, 7) is 3.36. The lowest BCUT2D eigenvalue weighted by molar-refractivity contribution is -0.113. The number of carbonyl (C=O) groups is 1. The molecule has 1 heterocycles. The van der Waals surface area contributed by atoms with Crippen molar-refractivity contribution in [1.82, 2.24) is 5.32 Å². The fourth-order valence-corrected chi connectivity index (χ4v) is 2.18. The first-order valence-corrected chi connectivity index (χ1v) is 5.99. The van der Waals surface area contributed by atoms with Gasteiger partial charge in [-0.15, -0.1) is 0 Å². The van der Waals surface area contributed by atoms with Crippen molar-refractivity contribution in [2.45, 2.75) is 19.9 Å². The molecule has 0 bridgehead atoms. The van der Waals surface area contributed by atoms with Gasteiger partial charge in [0, 0.05) is 11.3 Å². The first-order chi connectivity index (χ1) is 9.02. The van der Waals surface area contributed by atoms with Crippen LogP contribution in [0.2, 0.25) is 0 Å². The molecule has 0 aromatic heterocycles. The summed E-state index contributed by atoms with van der Waals surface area (Å²) < 4.78 is 5.12. The maximum Gasteiger partial charge on any atom is 0.193 e. The zero-order chi connectivity index (χ0) is 14.0. The molecule has 2 rings (SSSR count). The molecule has 0 radical (unpaired) electrons. The van der Waals surface area contributed by atoms with Crippen LogP contribution in [0, 0.1) is 0 Å². The lowest BCUT2D eigenvalue weighted by atomic mass is 9.94. The van der Waals surface area contributed by atoms with Crippen LogP contribution < -0.4 is 15.8 Å². The number of rotatable bonds is 3. The number of hydrogen-bond acceptors (Lipinski definition) is 5. The van der Waals surface area contributed by atoms with E-state index in [1.165, 1.54) is 6.92 Å². The summed E-state index contributed by atoms with van der Waals surface area (Å²) in [7, 11) is 1.61. The van der Waals surface area contributed by atoms with E-state index in [4.69, 9.17) is 10.5 Å². The highest BCUT2D eigenvalue weighted by atomic mass is 16.5. The molecule has 0 fully saturated rings. The van der Waals surface area contributed by atoms with Crippen molar-refractivity contribution in [3.05, 3.63) is 41.1 Å². The van der Waals surface area contributed by atoms with Gasteiger partial charge < -0.3 is 15.8 Å². The largest absolute Gasteiger partial charge is 0.497 e. The van der Waals surface area contributed by atoms with E-state index in [1.807, 2.05) is 31.2 Å². The molecule has 5 heteroatoms. The highest BCUT2D eigenvalue weighted by Gasteiger charge is 2.26. The Morgan fingerprint density at radius 1 is 1.37 bits per heavy atom. The van der Waals surface area contributed by atoms with Gasteiger partial charge in [-0.05, 0) is 31.5 Å². The SMILES string of the molecule is COc1ccc([C@H]2N=C(N)NC(C)=C2C(C)=O)cc1. The van der Waals surface area contributed by atoms with Gasteiger partial charge in [-0.3, -0.25) is 4.79 Å². The number of allylic oxidation sites excluding steroid dienone is 1. The molecule has 0 amide bonds. The topological polar surface area (TPSA) is 76.7 Å². The molecular weight excluding hydrogens is 242 g/mol. The number of nitrogens with two attached hydrogens (primary N) is 1. The summed E-state index contributed by atoms with van der Waals surface area (Å²) in [6, 6.07) is 7.11. The van der Waals surface area contributed by atoms with Gasteiger partial charge >= 0.3 is 0 Å². The first kappa shape index (κ1) is 13.1. The summed E-state index contributed by atoms with van der Waals surface area (Å²) >= 11 is 0. The molecule has 0 aliphatic carbocycles. The number of benzene rings is 1. The third-order valence-electron chi connectivity index (χ3n) is 3.07. The van der Waals surface area contributed by atoms with E-state index in [9.17, 15) is 4.79 Å². The molecule has 1 aliphatic heterocycles. The van der Waals surface area contributed by atoms with Gasteiger partial charge in [0.25, 0.3) is 0 Å². The summed E-state index contributed by atoms with van der Waals surface area (Å²) in [6.07, 6.45) is 0. The fourth-order valence-electron chi connectivity index (χ4n) is 2.18. The Kier molecular flexibility index (Phi) is 3.55. The van der Waals surface area contributed by atoms with Crippen molar-refractivity contribution in [3.8, 4) is 5.75 Å². The van der Waals surface area contributed by atoms with Crippen molar-refractivity contribution in [2.75, 3.05) is 7.11 Å². The normalized spacial score (nSPS) is 18.7. The number of methoxy groups -OCH3 is 1. The second kappa shape index (κ2) is 5.14. The van der Waals surface area contributed by atoms with Gasteiger partial charge in [0.15, 0.2) is 11.7 Å². The minimum absolute atomic E-state index is 0.0120. The summed E-state index contributed by atoms with van der Waals surface area (Å²) in [5, 5.41) is 2.89. The number of hydrogen-bond donors (Lipinski definition) is 2. The van der Waals surface area contributed by atoms with E-state index in [0.29, 0.717) is 11.5 Å². The minimum Gasteiger partial charge on any atom is -0.497 e. The minimum atomic E-state index is -0.357. The molecule has 1 aliphatic rings. The van der Waals surface area contributed by atoms with Crippen molar-refractivity contribution < 1.29 is 9.53 Å². The van der Waals surface area contributed by atoms with E-state index in [1.54, 1.807) is 7.11 Å². The van der Waals surface area contributed by atoms with E-state index in [0.717, 1.165) is 17.0 Å². The zero-order valence-electron chi connectivity index (χ0n) is 11.2. The third-order valence-corrected chi connectivity index (χ3v) is 3.07. The van der Waals surface area contributed by atoms with Gasteiger partial charge in [0.05, 0.1) is 7.11 Å². The van der Waals surface area contributed by atoms with E-state index in [2.05, 4.69) is 10.3 Å². The molecule has 0 saturated heterocycles. The second-order valence-corrected chi connectivity index (χ2v) is 4.41. The van der Waals surface area contributed by atoms with Crippen LogP contribution in [-0.4, -0.2) is 18.9 Å². The lowest BCUT2D eigenvalue weighted by Crippen LogP contribution is -2.36. The molecule has 1 atom stereocenters. The van der Waals surface area contributed by atoms with Gasteiger partial charge in [0.1, 0.15) is 11.8 Å². The number of nitrogens with zero attached hydrogens (tertiary/aromatic N) is 1. The molecule has 0 unspecified atom stereocenters. The van der Waals surface area contributed by atoms with Crippen molar-refractivity contribution >= 4 is 11.7 Å². The van der Waals surface area contributed by atoms with Gasteiger partial charge in [-0.25, -0.2) is 4.99 Å². The van der Waals surface area contributed by atoms with Crippen LogP contribution in [0.25, 0.3) is 0 Å². The Hall–Kier alpha value is -2.30. The van der Waals surface area contributed by atoms with Gasteiger partial charge in [-0.2, -0.15) is 0 Å². The van der Waals surface area contributed by atoms with Crippen molar-refractivity contribution in [1.29, 1.82) is 0 Å². The first-order valence-electron chi connectivity index (χ1n) is 5.99. The molecule has 3 N–H and O–H groups in total. The zero-order valence-corrected chi connectivity index (χ0v) is 11.2.